The van der Waals surface area contributed by atoms with Gasteiger partial charge in [0.15, 0.2) is 0 Å². The molecule has 3 aromatic rings. The second-order valence-corrected chi connectivity index (χ2v) is 4.59. The highest BCUT2D eigenvalue weighted by atomic mass is 19.1. The van der Waals surface area contributed by atoms with Crippen LogP contribution >= 0.6 is 0 Å². The number of halogens is 1. The van der Waals surface area contributed by atoms with Crippen molar-refractivity contribution >= 4 is 5.82 Å². The van der Waals surface area contributed by atoms with Gasteiger partial charge in [0.25, 0.3) is 0 Å². The van der Waals surface area contributed by atoms with E-state index in [0.29, 0.717) is 17.1 Å². The average Bonchev–Trinajstić information content (AvgIpc) is 2.77. The summed E-state index contributed by atoms with van der Waals surface area (Å²) in [7, 11) is 0. The Morgan fingerprint density at radius 3 is 2.35 bits per heavy atom. The van der Waals surface area contributed by atoms with Gasteiger partial charge in [0.1, 0.15) is 17.3 Å². The van der Waals surface area contributed by atoms with Crippen LogP contribution in [-0.2, 0) is 0 Å². The normalized spacial score (nSPS) is 10.7. The highest BCUT2D eigenvalue weighted by molar-refractivity contribution is 5.69. The van der Waals surface area contributed by atoms with Gasteiger partial charge in [-0.15, -0.1) is 0 Å². The third-order valence-electron chi connectivity index (χ3n) is 3.30. The van der Waals surface area contributed by atoms with Crippen LogP contribution in [0.25, 0.3) is 16.9 Å². The number of nitrogens with zero attached hydrogens (tertiary/aromatic N) is 2. The lowest BCUT2D eigenvalue weighted by atomic mass is 10.1. The molecule has 1 heterocycles. The van der Waals surface area contributed by atoms with E-state index >= 15 is 0 Å². The van der Waals surface area contributed by atoms with Gasteiger partial charge in [-0.3, -0.25) is 0 Å². The summed E-state index contributed by atoms with van der Waals surface area (Å²) in [4.78, 5) is 0. The lowest BCUT2D eigenvalue weighted by molar-refractivity contribution is 0.630. The number of rotatable bonds is 2. The van der Waals surface area contributed by atoms with Gasteiger partial charge in [0.05, 0.1) is 5.69 Å². The van der Waals surface area contributed by atoms with Gasteiger partial charge >= 0.3 is 0 Å². The fourth-order valence-corrected chi connectivity index (χ4v) is 2.18. The summed E-state index contributed by atoms with van der Waals surface area (Å²) in [5, 5.41) is 4.46. The number of nitrogens with two attached hydrogens (primary N) is 1. The molecule has 0 bridgehead atoms. The standard InChI is InChI=1S/C16H14FN3/c1-11-15(13-9-5-6-10-14(13)17)19-20(16(11)18)12-7-3-2-4-8-12/h2-10H,18H2,1H3. The Kier molecular flexibility index (Phi) is 2.99. The fraction of sp³-hybridized carbons (Fsp3) is 0.0625. The third-order valence-corrected chi connectivity index (χ3v) is 3.30. The SMILES string of the molecule is Cc1c(-c2ccccc2F)nn(-c2ccccc2)c1N. The van der Waals surface area contributed by atoms with Crippen molar-refractivity contribution in [3.05, 3.63) is 66.0 Å². The first-order chi connectivity index (χ1) is 9.68. The summed E-state index contributed by atoms with van der Waals surface area (Å²) < 4.78 is 15.5. The van der Waals surface area contributed by atoms with Crippen molar-refractivity contribution in [2.45, 2.75) is 6.92 Å². The first kappa shape index (κ1) is 12.4. The summed E-state index contributed by atoms with van der Waals surface area (Å²) in [5.41, 5.74) is 8.77. The highest BCUT2D eigenvalue weighted by Gasteiger charge is 2.16. The molecule has 100 valence electrons. The molecule has 2 aromatic carbocycles. The van der Waals surface area contributed by atoms with Crippen LogP contribution in [0.2, 0.25) is 0 Å². The van der Waals surface area contributed by atoms with Crippen LogP contribution in [0.3, 0.4) is 0 Å². The van der Waals surface area contributed by atoms with Gasteiger partial charge < -0.3 is 5.73 Å². The van der Waals surface area contributed by atoms with E-state index in [-0.39, 0.29) is 5.82 Å². The molecule has 20 heavy (non-hydrogen) atoms. The lowest BCUT2D eigenvalue weighted by Crippen LogP contribution is -2.01. The van der Waals surface area contributed by atoms with E-state index in [4.69, 9.17) is 5.73 Å². The minimum atomic E-state index is -0.298. The molecule has 0 saturated carbocycles. The van der Waals surface area contributed by atoms with Crippen LogP contribution in [0.1, 0.15) is 5.56 Å². The maximum Gasteiger partial charge on any atom is 0.132 e. The molecule has 3 rings (SSSR count). The Hall–Kier alpha value is -2.62. The van der Waals surface area contributed by atoms with Crippen molar-refractivity contribution in [1.82, 2.24) is 9.78 Å². The Bertz CT molecular complexity index is 748. The van der Waals surface area contributed by atoms with Crippen molar-refractivity contribution < 1.29 is 4.39 Å². The number of hydrogen-bond acceptors (Lipinski definition) is 2. The Morgan fingerprint density at radius 1 is 1.00 bits per heavy atom. The van der Waals surface area contributed by atoms with E-state index in [1.54, 1.807) is 22.9 Å². The molecule has 0 aliphatic heterocycles. The van der Waals surface area contributed by atoms with E-state index in [2.05, 4.69) is 5.10 Å². The Labute approximate surface area is 116 Å². The number of anilines is 1. The molecular formula is C16H14FN3. The zero-order chi connectivity index (χ0) is 14.1. The van der Waals surface area contributed by atoms with Gasteiger partial charge in [-0.05, 0) is 31.2 Å². The van der Waals surface area contributed by atoms with Crippen molar-refractivity contribution in [3.63, 3.8) is 0 Å². The maximum absolute atomic E-state index is 13.9. The zero-order valence-electron chi connectivity index (χ0n) is 11.0. The summed E-state index contributed by atoms with van der Waals surface area (Å²) in [5.74, 6) is 0.225. The van der Waals surface area contributed by atoms with Crippen molar-refractivity contribution in [2.75, 3.05) is 5.73 Å². The molecule has 0 atom stereocenters. The van der Waals surface area contributed by atoms with Crippen LogP contribution in [0.5, 0.6) is 0 Å². The van der Waals surface area contributed by atoms with E-state index in [1.165, 1.54) is 6.07 Å². The summed E-state index contributed by atoms with van der Waals surface area (Å²) in [6, 6.07) is 16.1. The minimum absolute atomic E-state index is 0.298. The van der Waals surface area contributed by atoms with Crippen molar-refractivity contribution in [3.8, 4) is 16.9 Å². The molecule has 1 aromatic heterocycles. The first-order valence-corrected chi connectivity index (χ1v) is 6.34. The number of benzene rings is 2. The zero-order valence-corrected chi connectivity index (χ0v) is 11.0. The predicted molar refractivity (Wildman–Crippen MR) is 78.1 cm³/mol. The van der Waals surface area contributed by atoms with Gasteiger partial charge in [0, 0.05) is 11.1 Å². The molecule has 0 aliphatic carbocycles. The molecule has 0 aliphatic rings. The molecule has 3 nitrogen and oxygen atoms in total. The summed E-state index contributed by atoms with van der Waals surface area (Å²) in [6.45, 7) is 1.85. The summed E-state index contributed by atoms with van der Waals surface area (Å²) in [6.07, 6.45) is 0. The summed E-state index contributed by atoms with van der Waals surface area (Å²) >= 11 is 0. The largest absolute Gasteiger partial charge is 0.383 e. The molecule has 0 unspecified atom stereocenters. The van der Waals surface area contributed by atoms with Crippen LogP contribution in [-0.4, -0.2) is 9.78 Å². The van der Waals surface area contributed by atoms with E-state index in [1.807, 2.05) is 37.3 Å². The number of para-hydroxylation sites is 1. The quantitative estimate of drug-likeness (QED) is 0.771. The molecule has 0 saturated heterocycles. The van der Waals surface area contributed by atoms with Crippen molar-refractivity contribution in [1.29, 1.82) is 0 Å². The molecule has 4 heteroatoms. The number of aromatic nitrogens is 2. The molecule has 0 radical (unpaired) electrons. The van der Waals surface area contributed by atoms with Gasteiger partial charge in [-0.1, -0.05) is 30.3 Å². The lowest BCUT2D eigenvalue weighted by Gasteiger charge is -2.02. The molecule has 2 N–H and O–H groups in total. The van der Waals surface area contributed by atoms with Gasteiger partial charge in [0.2, 0.25) is 0 Å². The Morgan fingerprint density at radius 2 is 1.65 bits per heavy atom. The monoisotopic (exact) mass is 267 g/mol. The smallest absolute Gasteiger partial charge is 0.132 e. The first-order valence-electron chi connectivity index (χ1n) is 6.34. The minimum Gasteiger partial charge on any atom is -0.383 e. The topological polar surface area (TPSA) is 43.8 Å². The van der Waals surface area contributed by atoms with Crippen LogP contribution in [0.4, 0.5) is 10.2 Å². The van der Waals surface area contributed by atoms with E-state index in [0.717, 1.165) is 11.3 Å². The average molecular weight is 267 g/mol. The van der Waals surface area contributed by atoms with Gasteiger partial charge in [-0.25, -0.2) is 9.07 Å². The van der Waals surface area contributed by atoms with Crippen LogP contribution < -0.4 is 5.73 Å². The van der Waals surface area contributed by atoms with Crippen LogP contribution in [0, 0.1) is 12.7 Å². The second-order valence-electron chi connectivity index (χ2n) is 4.59. The van der Waals surface area contributed by atoms with E-state index < -0.39 is 0 Å². The fourth-order valence-electron chi connectivity index (χ4n) is 2.18. The molecule has 0 amide bonds. The molecule has 0 spiro atoms. The predicted octanol–water partition coefficient (Wildman–Crippen LogP) is 3.57. The van der Waals surface area contributed by atoms with Gasteiger partial charge in [-0.2, -0.15) is 5.10 Å². The van der Waals surface area contributed by atoms with E-state index in [9.17, 15) is 4.39 Å². The van der Waals surface area contributed by atoms with Crippen LogP contribution in [0.15, 0.2) is 54.6 Å². The van der Waals surface area contributed by atoms with Crippen molar-refractivity contribution in [2.24, 2.45) is 0 Å². The Balaban J connectivity index is 2.19. The highest BCUT2D eigenvalue weighted by Crippen LogP contribution is 2.29. The second kappa shape index (κ2) is 4.81. The number of hydrogen-bond donors (Lipinski definition) is 1. The maximum atomic E-state index is 13.9. The molecule has 0 fully saturated rings. The number of nitrogen functional groups attached to an aromatic ring is 1. The third kappa shape index (κ3) is 1.95. The molecular weight excluding hydrogens is 253 g/mol.